The molecular weight excluding hydrogens is 466 g/mol. The largest absolute Gasteiger partial charge is 0.494 e. The standard InChI is InChI=1S/C22H27N3O6S2/c1-2-31-19-7-11-21(12-8-19)33(29,30)24-16-14-23(15-17-24)32(27,28)20-9-5-18(6-10-20)25-13-3-4-22(25)26/h5-12H,2-4,13-17H2,1H3. The van der Waals surface area contributed by atoms with E-state index in [-0.39, 0.29) is 41.9 Å². The van der Waals surface area contributed by atoms with E-state index in [0.717, 1.165) is 6.42 Å². The van der Waals surface area contributed by atoms with Gasteiger partial charge in [-0.05, 0) is 61.9 Å². The lowest BCUT2D eigenvalue weighted by atomic mass is 10.3. The zero-order valence-corrected chi connectivity index (χ0v) is 20.0. The van der Waals surface area contributed by atoms with E-state index in [2.05, 4.69) is 0 Å². The van der Waals surface area contributed by atoms with Crippen molar-refractivity contribution in [3.05, 3.63) is 48.5 Å². The number of carbonyl (C=O) groups is 1. The Hall–Kier alpha value is -2.47. The maximum absolute atomic E-state index is 13.1. The van der Waals surface area contributed by atoms with Crippen LogP contribution in [0.15, 0.2) is 58.3 Å². The van der Waals surface area contributed by atoms with Crippen molar-refractivity contribution >= 4 is 31.6 Å². The molecule has 0 bridgehead atoms. The SMILES string of the molecule is CCOc1ccc(S(=O)(=O)N2CCN(S(=O)(=O)c3ccc(N4CCCC4=O)cc3)CC2)cc1. The molecule has 0 atom stereocenters. The zero-order chi connectivity index (χ0) is 23.6. The monoisotopic (exact) mass is 493 g/mol. The molecule has 1 amide bonds. The second kappa shape index (κ2) is 9.41. The van der Waals surface area contributed by atoms with Gasteiger partial charge in [-0.3, -0.25) is 4.79 Å². The minimum Gasteiger partial charge on any atom is -0.494 e. The van der Waals surface area contributed by atoms with E-state index in [1.807, 2.05) is 6.92 Å². The van der Waals surface area contributed by atoms with Gasteiger partial charge in [0.2, 0.25) is 26.0 Å². The topological polar surface area (TPSA) is 104 Å². The summed E-state index contributed by atoms with van der Waals surface area (Å²) in [5, 5.41) is 0. The van der Waals surface area contributed by atoms with Crippen LogP contribution in [0.4, 0.5) is 5.69 Å². The average molecular weight is 494 g/mol. The van der Waals surface area contributed by atoms with Crippen LogP contribution < -0.4 is 9.64 Å². The van der Waals surface area contributed by atoms with Gasteiger partial charge < -0.3 is 9.64 Å². The molecule has 2 saturated heterocycles. The van der Waals surface area contributed by atoms with E-state index in [1.165, 1.54) is 32.9 Å². The van der Waals surface area contributed by atoms with Gasteiger partial charge in [-0.15, -0.1) is 0 Å². The van der Waals surface area contributed by atoms with Gasteiger partial charge in [0.1, 0.15) is 5.75 Å². The quantitative estimate of drug-likeness (QED) is 0.584. The number of sulfonamides is 2. The number of nitrogens with zero attached hydrogens (tertiary/aromatic N) is 3. The molecule has 2 aromatic carbocycles. The van der Waals surface area contributed by atoms with Crippen molar-refractivity contribution < 1.29 is 26.4 Å². The van der Waals surface area contributed by atoms with Crippen molar-refractivity contribution in [2.24, 2.45) is 0 Å². The molecule has 2 aliphatic heterocycles. The predicted molar refractivity (Wildman–Crippen MR) is 123 cm³/mol. The highest BCUT2D eigenvalue weighted by Crippen LogP contribution is 2.26. The fraction of sp³-hybridized carbons (Fsp3) is 0.409. The Labute approximate surface area is 194 Å². The second-order valence-corrected chi connectivity index (χ2v) is 11.7. The number of piperazine rings is 1. The highest BCUT2D eigenvalue weighted by Gasteiger charge is 2.34. The summed E-state index contributed by atoms with van der Waals surface area (Å²) in [5.74, 6) is 0.628. The second-order valence-electron chi connectivity index (χ2n) is 7.86. The molecule has 2 aliphatic rings. The third kappa shape index (κ3) is 4.77. The molecule has 2 heterocycles. The molecule has 0 N–H and O–H groups in total. The number of anilines is 1. The fourth-order valence-electron chi connectivity index (χ4n) is 4.04. The Morgan fingerprint density at radius 1 is 0.758 bits per heavy atom. The van der Waals surface area contributed by atoms with Crippen molar-refractivity contribution in [1.82, 2.24) is 8.61 Å². The third-order valence-electron chi connectivity index (χ3n) is 5.83. The lowest BCUT2D eigenvalue weighted by molar-refractivity contribution is -0.117. The minimum atomic E-state index is -3.77. The number of carbonyl (C=O) groups excluding carboxylic acids is 1. The molecule has 4 rings (SSSR count). The highest BCUT2D eigenvalue weighted by atomic mass is 32.2. The van der Waals surface area contributed by atoms with Gasteiger partial charge in [0, 0.05) is 44.8 Å². The van der Waals surface area contributed by atoms with Crippen molar-refractivity contribution in [3.63, 3.8) is 0 Å². The van der Waals surface area contributed by atoms with Crippen molar-refractivity contribution in [2.75, 3.05) is 44.2 Å². The van der Waals surface area contributed by atoms with Crippen molar-refractivity contribution in [1.29, 1.82) is 0 Å². The Bertz CT molecular complexity index is 1200. The fourth-order valence-corrected chi connectivity index (χ4v) is 6.89. The van der Waals surface area contributed by atoms with E-state index in [1.54, 1.807) is 29.2 Å². The smallest absolute Gasteiger partial charge is 0.243 e. The molecular formula is C22H27N3O6S2. The Morgan fingerprint density at radius 3 is 1.67 bits per heavy atom. The van der Waals surface area contributed by atoms with Crippen LogP contribution >= 0.6 is 0 Å². The van der Waals surface area contributed by atoms with Gasteiger partial charge in [-0.2, -0.15) is 8.61 Å². The molecule has 2 fully saturated rings. The molecule has 11 heteroatoms. The Kier molecular flexibility index (Phi) is 6.76. The lowest BCUT2D eigenvalue weighted by Gasteiger charge is -2.33. The number of benzene rings is 2. The molecule has 9 nitrogen and oxygen atoms in total. The number of hydrogen-bond acceptors (Lipinski definition) is 6. The van der Waals surface area contributed by atoms with Gasteiger partial charge in [-0.1, -0.05) is 0 Å². The zero-order valence-electron chi connectivity index (χ0n) is 18.4. The van der Waals surface area contributed by atoms with Crippen LogP contribution in [0.1, 0.15) is 19.8 Å². The first-order valence-corrected chi connectivity index (χ1v) is 13.7. The van der Waals surface area contributed by atoms with E-state index in [0.29, 0.717) is 31.0 Å². The molecule has 0 radical (unpaired) electrons. The van der Waals surface area contributed by atoms with Crippen LogP contribution in [-0.4, -0.2) is 70.7 Å². The summed E-state index contributed by atoms with van der Waals surface area (Å²) in [7, 11) is -7.50. The van der Waals surface area contributed by atoms with Crippen LogP contribution in [0.5, 0.6) is 5.75 Å². The minimum absolute atomic E-state index is 0.0375. The van der Waals surface area contributed by atoms with Gasteiger partial charge in [0.05, 0.1) is 16.4 Å². The summed E-state index contributed by atoms with van der Waals surface area (Å²) in [4.78, 5) is 13.8. The van der Waals surface area contributed by atoms with Gasteiger partial charge in [0.15, 0.2) is 0 Å². The van der Waals surface area contributed by atoms with Crippen molar-refractivity contribution in [2.45, 2.75) is 29.6 Å². The first-order chi connectivity index (χ1) is 15.7. The van der Waals surface area contributed by atoms with Crippen LogP contribution in [0.25, 0.3) is 0 Å². The van der Waals surface area contributed by atoms with Crippen molar-refractivity contribution in [3.8, 4) is 5.75 Å². The highest BCUT2D eigenvalue weighted by molar-refractivity contribution is 7.89. The maximum atomic E-state index is 13.1. The predicted octanol–water partition coefficient (Wildman–Crippen LogP) is 1.91. The maximum Gasteiger partial charge on any atom is 0.243 e. The summed E-state index contributed by atoms with van der Waals surface area (Å²) < 4.78 is 60.0. The summed E-state index contributed by atoms with van der Waals surface area (Å²) >= 11 is 0. The molecule has 0 saturated carbocycles. The molecule has 0 unspecified atom stereocenters. The first kappa shape index (κ1) is 23.7. The summed E-state index contributed by atoms with van der Waals surface area (Å²) in [6, 6.07) is 12.5. The van der Waals surface area contributed by atoms with Gasteiger partial charge in [0.25, 0.3) is 0 Å². The number of hydrogen-bond donors (Lipinski definition) is 0. The first-order valence-electron chi connectivity index (χ1n) is 10.9. The number of ether oxygens (including phenoxy) is 1. The van der Waals surface area contributed by atoms with Gasteiger partial charge >= 0.3 is 0 Å². The molecule has 0 aromatic heterocycles. The molecule has 33 heavy (non-hydrogen) atoms. The van der Waals surface area contributed by atoms with Gasteiger partial charge in [-0.25, -0.2) is 16.8 Å². The summed E-state index contributed by atoms with van der Waals surface area (Å²) in [6.07, 6.45) is 1.30. The van der Waals surface area contributed by atoms with E-state index in [9.17, 15) is 21.6 Å². The molecule has 2 aromatic rings. The summed E-state index contributed by atoms with van der Waals surface area (Å²) in [5.41, 5.74) is 0.683. The van der Waals surface area contributed by atoms with E-state index in [4.69, 9.17) is 4.74 Å². The van der Waals surface area contributed by atoms with E-state index < -0.39 is 20.0 Å². The number of rotatable bonds is 7. The number of amides is 1. The normalized spacial score (nSPS) is 18.6. The van der Waals surface area contributed by atoms with Crippen LogP contribution in [0, 0.1) is 0 Å². The lowest BCUT2D eigenvalue weighted by Crippen LogP contribution is -2.50. The average Bonchev–Trinajstić information content (AvgIpc) is 3.25. The Morgan fingerprint density at radius 2 is 1.24 bits per heavy atom. The molecule has 178 valence electrons. The molecule has 0 spiro atoms. The van der Waals surface area contributed by atoms with Crippen LogP contribution in [-0.2, 0) is 24.8 Å². The third-order valence-corrected chi connectivity index (χ3v) is 9.66. The van der Waals surface area contributed by atoms with Crippen LogP contribution in [0.2, 0.25) is 0 Å². The van der Waals surface area contributed by atoms with Crippen LogP contribution in [0.3, 0.4) is 0 Å². The summed E-state index contributed by atoms with van der Waals surface area (Å²) in [6.45, 7) is 3.22. The van der Waals surface area contributed by atoms with E-state index >= 15 is 0 Å². The Balaban J connectivity index is 1.42. The molecule has 0 aliphatic carbocycles.